The summed E-state index contributed by atoms with van der Waals surface area (Å²) >= 11 is 12.3. The van der Waals surface area contributed by atoms with Gasteiger partial charge in [-0.25, -0.2) is 9.97 Å². The third-order valence-electron chi connectivity index (χ3n) is 6.07. The molecule has 1 fully saturated rings. The second kappa shape index (κ2) is 12.2. The van der Waals surface area contributed by atoms with Crippen LogP contribution in [0, 0.1) is 11.8 Å². The third kappa shape index (κ3) is 6.71. The minimum absolute atomic E-state index is 0.0490. The molecule has 1 atom stereocenters. The summed E-state index contributed by atoms with van der Waals surface area (Å²) in [5.74, 6) is -0.0266. The molecule has 4 rings (SSSR count). The Bertz CT molecular complexity index is 1210. The van der Waals surface area contributed by atoms with Crippen molar-refractivity contribution in [2.45, 2.75) is 25.7 Å². The van der Waals surface area contributed by atoms with E-state index in [0.29, 0.717) is 18.3 Å². The Labute approximate surface area is 220 Å². The maximum absolute atomic E-state index is 12.8. The molecule has 6 nitrogen and oxygen atoms in total. The Morgan fingerprint density at radius 3 is 2.33 bits per heavy atom. The second-order valence-electron chi connectivity index (χ2n) is 8.78. The zero-order valence-electron chi connectivity index (χ0n) is 19.9. The summed E-state index contributed by atoms with van der Waals surface area (Å²) in [6.45, 7) is 0.892. The molecule has 1 unspecified atom stereocenters. The number of allylic oxidation sites excluding steroid dienone is 1. The lowest BCUT2D eigenvalue weighted by Crippen LogP contribution is -2.22. The topological polar surface area (TPSA) is 72.4 Å². The minimum atomic E-state index is -0.644. The number of carbonyl (C=O) groups is 2. The summed E-state index contributed by atoms with van der Waals surface area (Å²) in [7, 11) is 1.31. The number of rotatable bonds is 11. The first-order valence-corrected chi connectivity index (χ1v) is 12.6. The Morgan fingerprint density at radius 2 is 1.72 bits per heavy atom. The molecule has 1 aromatic heterocycles. The minimum Gasteiger partial charge on any atom is -0.469 e. The first kappa shape index (κ1) is 25.9. The van der Waals surface area contributed by atoms with Gasteiger partial charge in [0, 0.05) is 31.0 Å². The third-order valence-corrected chi connectivity index (χ3v) is 6.70. The van der Waals surface area contributed by atoms with Crippen LogP contribution in [0.4, 0.5) is 11.6 Å². The molecule has 0 bridgehead atoms. The number of esters is 1. The highest BCUT2D eigenvalue weighted by Gasteiger charge is 2.27. The molecule has 36 heavy (non-hydrogen) atoms. The van der Waals surface area contributed by atoms with Gasteiger partial charge in [-0.05, 0) is 61.1 Å². The highest BCUT2D eigenvalue weighted by atomic mass is 35.5. The smallest absolute Gasteiger partial charge is 0.309 e. The van der Waals surface area contributed by atoms with Crippen LogP contribution >= 0.6 is 23.2 Å². The van der Waals surface area contributed by atoms with Gasteiger partial charge in [-0.3, -0.25) is 9.59 Å². The largest absolute Gasteiger partial charge is 0.469 e. The molecular weight excluding hydrogens is 497 g/mol. The summed E-state index contributed by atoms with van der Waals surface area (Å²) in [5.41, 5.74) is 2.23. The molecule has 0 spiro atoms. The van der Waals surface area contributed by atoms with Gasteiger partial charge in [0.2, 0.25) is 5.95 Å². The van der Waals surface area contributed by atoms with E-state index in [2.05, 4.69) is 14.9 Å². The number of halogens is 2. The number of ether oxygens (including phenoxy) is 1. The van der Waals surface area contributed by atoms with Crippen LogP contribution in [0.15, 0.2) is 67.0 Å². The van der Waals surface area contributed by atoms with E-state index < -0.39 is 11.9 Å². The standard InChI is InChI=1S/C28H27Cl2N3O3/c1-36-27(35)21(17-25(34)26-23(29)7-3-8-24(26)30)6-2-5-19-11-13-22(14-12-19)33(18-20-9-10-20)28-31-15-4-16-32-28/h2-5,7-8,11-16,20-21H,6,9-10,17-18H2,1H3/b5-2+. The van der Waals surface area contributed by atoms with Gasteiger partial charge in [0.25, 0.3) is 0 Å². The highest BCUT2D eigenvalue weighted by Crippen LogP contribution is 2.34. The van der Waals surface area contributed by atoms with Crippen molar-refractivity contribution in [3.63, 3.8) is 0 Å². The predicted molar refractivity (Wildman–Crippen MR) is 143 cm³/mol. The molecule has 1 aliphatic rings. The number of hydrogen-bond donors (Lipinski definition) is 0. The van der Waals surface area contributed by atoms with Crippen molar-refractivity contribution in [1.82, 2.24) is 9.97 Å². The van der Waals surface area contributed by atoms with Crippen molar-refractivity contribution < 1.29 is 14.3 Å². The van der Waals surface area contributed by atoms with Crippen LogP contribution < -0.4 is 4.90 Å². The number of anilines is 2. The highest BCUT2D eigenvalue weighted by molar-refractivity contribution is 6.39. The average molecular weight is 524 g/mol. The van der Waals surface area contributed by atoms with Crippen LogP contribution in [-0.2, 0) is 9.53 Å². The fourth-order valence-electron chi connectivity index (χ4n) is 3.95. The maximum atomic E-state index is 12.8. The lowest BCUT2D eigenvalue weighted by Gasteiger charge is -2.22. The van der Waals surface area contributed by atoms with Gasteiger partial charge in [0.05, 0.1) is 28.6 Å². The molecule has 3 aromatic rings. The van der Waals surface area contributed by atoms with Crippen LogP contribution in [0.25, 0.3) is 6.08 Å². The van der Waals surface area contributed by atoms with E-state index in [1.807, 2.05) is 42.5 Å². The van der Waals surface area contributed by atoms with Crippen LogP contribution in [0.1, 0.15) is 41.6 Å². The van der Waals surface area contributed by atoms with Gasteiger partial charge in [0.15, 0.2) is 5.78 Å². The van der Waals surface area contributed by atoms with Crippen molar-refractivity contribution >= 4 is 52.7 Å². The lowest BCUT2D eigenvalue weighted by molar-refractivity contribution is -0.145. The summed E-state index contributed by atoms with van der Waals surface area (Å²) < 4.78 is 4.92. The Hall–Kier alpha value is -3.22. The zero-order valence-corrected chi connectivity index (χ0v) is 21.5. The number of carbonyl (C=O) groups excluding carboxylic acids is 2. The average Bonchev–Trinajstić information content (AvgIpc) is 3.71. The van der Waals surface area contributed by atoms with E-state index in [0.717, 1.165) is 17.8 Å². The van der Waals surface area contributed by atoms with Crippen molar-refractivity contribution in [2.24, 2.45) is 11.8 Å². The lowest BCUT2D eigenvalue weighted by atomic mass is 9.95. The molecule has 0 aliphatic heterocycles. The number of benzene rings is 2. The number of nitrogens with zero attached hydrogens (tertiary/aromatic N) is 3. The summed E-state index contributed by atoms with van der Waals surface area (Å²) in [6, 6.07) is 14.8. The Kier molecular flexibility index (Phi) is 8.73. The van der Waals surface area contributed by atoms with Crippen molar-refractivity contribution in [3.05, 3.63) is 88.2 Å². The zero-order chi connectivity index (χ0) is 25.5. The van der Waals surface area contributed by atoms with Crippen molar-refractivity contribution in [3.8, 4) is 0 Å². The fraction of sp³-hybridized carbons (Fsp3) is 0.286. The van der Waals surface area contributed by atoms with Crippen LogP contribution in [0.3, 0.4) is 0 Å². The molecule has 1 saturated carbocycles. The molecular formula is C28H27Cl2N3O3. The van der Waals surface area contributed by atoms with E-state index in [1.165, 1.54) is 20.0 Å². The summed E-state index contributed by atoms with van der Waals surface area (Å²) in [6.07, 6.45) is 10.1. The molecule has 1 heterocycles. The fourth-order valence-corrected chi connectivity index (χ4v) is 4.55. The number of Topliss-reactive ketones (excluding diaryl/α,β-unsaturated/α-hetero) is 1. The quantitative estimate of drug-likeness (QED) is 0.203. The number of aromatic nitrogens is 2. The van der Waals surface area contributed by atoms with Gasteiger partial charge >= 0.3 is 5.97 Å². The van der Waals surface area contributed by atoms with Crippen LogP contribution in [0.2, 0.25) is 10.0 Å². The molecule has 0 amide bonds. The van der Waals surface area contributed by atoms with Gasteiger partial charge in [-0.1, -0.05) is 53.6 Å². The number of ketones is 1. The summed E-state index contributed by atoms with van der Waals surface area (Å²) in [5, 5.41) is 0.534. The van der Waals surface area contributed by atoms with Gasteiger partial charge in [-0.15, -0.1) is 0 Å². The van der Waals surface area contributed by atoms with Gasteiger partial charge in [-0.2, -0.15) is 0 Å². The molecule has 186 valence electrons. The molecule has 0 radical (unpaired) electrons. The normalized spacial score (nSPS) is 14.0. The van der Waals surface area contributed by atoms with E-state index in [4.69, 9.17) is 27.9 Å². The van der Waals surface area contributed by atoms with Crippen molar-refractivity contribution in [2.75, 3.05) is 18.6 Å². The molecule has 0 saturated heterocycles. The molecule has 8 heteroatoms. The van der Waals surface area contributed by atoms with Crippen molar-refractivity contribution in [1.29, 1.82) is 0 Å². The van der Waals surface area contributed by atoms with Crippen LogP contribution in [-0.4, -0.2) is 35.4 Å². The van der Waals surface area contributed by atoms with Gasteiger partial charge < -0.3 is 9.64 Å². The molecule has 1 aliphatic carbocycles. The Balaban J connectivity index is 1.43. The SMILES string of the molecule is COC(=O)C(C/C=C/c1ccc(N(CC2CC2)c2ncccn2)cc1)CC(=O)c1c(Cl)cccc1Cl. The second-order valence-corrected chi connectivity index (χ2v) is 9.59. The maximum Gasteiger partial charge on any atom is 0.309 e. The van der Waals surface area contributed by atoms with E-state index in [9.17, 15) is 9.59 Å². The number of methoxy groups -OCH3 is 1. The van der Waals surface area contributed by atoms with Crippen LogP contribution in [0.5, 0.6) is 0 Å². The molecule has 0 N–H and O–H groups in total. The predicted octanol–water partition coefficient (Wildman–Crippen LogP) is 6.80. The van der Waals surface area contributed by atoms with Gasteiger partial charge in [0.1, 0.15) is 0 Å². The van der Waals surface area contributed by atoms with E-state index >= 15 is 0 Å². The number of hydrogen-bond acceptors (Lipinski definition) is 6. The first-order valence-electron chi connectivity index (χ1n) is 11.8. The van der Waals surface area contributed by atoms with E-state index in [-0.39, 0.29) is 27.8 Å². The first-order chi connectivity index (χ1) is 17.5. The monoisotopic (exact) mass is 523 g/mol. The van der Waals surface area contributed by atoms with E-state index in [1.54, 1.807) is 30.6 Å². The molecule has 2 aromatic carbocycles. The summed E-state index contributed by atoms with van der Waals surface area (Å²) in [4.78, 5) is 36.2. The Morgan fingerprint density at radius 1 is 1.06 bits per heavy atom.